The number of nitrogen functional groups attached to an aromatic ring is 1. The van der Waals surface area contributed by atoms with Crippen LogP contribution in [0.15, 0.2) is 18.2 Å². The Balaban J connectivity index is 3.05. The summed E-state index contributed by atoms with van der Waals surface area (Å²) in [5.41, 5.74) is 12.8. The highest BCUT2D eigenvalue weighted by Crippen LogP contribution is 2.24. The van der Waals surface area contributed by atoms with Gasteiger partial charge in [0.2, 0.25) is 5.91 Å². The summed E-state index contributed by atoms with van der Waals surface area (Å²) in [6.45, 7) is 3.27. The van der Waals surface area contributed by atoms with Crippen LogP contribution in [0.25, 0.3) is 0 Å². The fourth-order valence-electron chi connectivity index (χ4n) is 1.60. The van der Waals surface area contributed by atoms with Gasteiger partial charge in [0.1, 0.15) is 0 Å². The topological polar surface area (TPSA) is 96.1 Å². The Bertz CT molecular complexity index is 450. The van der Waals surface area contributed by atoms with E-state index in [0.29, 0.717) is 30.8 Å². The van der Waals surface area contributed by atoms with Gasteiger partial charge >= 0.3 is 0 Å². The molecule has 0 radical (unpaired) electrons. The van der Waals surface area contributed by atoms with E-state index in [4.69, 9.17) is 16.7 Å². The van der Waals surface area contributed by atoms with E-state index in [-0.39, 0.29) is 0 Å². The summed E-state index contributed by atoms with van der Waals surface area (Å²) in [7, 11) is 0. The lowest BCUT2D eigenvalue weighted by Gasteiger charge is -2.23. The van der Waals surface area contributed by atoms with Crippen LogP contribution in [0.2, 0.25) is 0 Å². The van der Waals surface area contributed by atoms with E-state index in [9.17, 15) is 4.79 Å². The average Bonchev–Trinajstić information content (AvgIpc) is 2.31. The quantitative estimate of drug-likeness (QED) is 0.743. The highest BCUT2D eigenvalue weighted by atomic mass is 16.1. The lowest BCUT2D eigenvalue weighted by molar-refractivity contribution is 0.100. The van der Waals surface area contributed by atoms with E-state index in [1.54, 1.807) is 18.2 Å². The first-order valence-corrected chi connectivity index (χ1v) is 5.41. The molecule has 1 rings (SSSR count). The third kappa shape index (κ3) is 3.11. The van der Waals surface area contributed by atoms with E-state index in [1.807, 2.05) is 11.8 Å². The number of anilines is 2. The van der Waals surface area contributed by atoms with Crippen molar-refractivity contribution in [1.29, 1.82) is 5.26 Å². The van der Waals surface area contributed by atoms with E-state index >= 15 is 0 Å². The van der Waals surface area contributed by atoms with Crippen LogP contribution in [0.4, 0.5) is 11.4 Å². The molecule has 1 aromatic rings. The summed E-state index contributed by atoms with van der Waals surface area (Å²) in [6.07, 6.45) is 0.411. The number of carbonyl (C=O) groups is 1. The van der Waals surface area contributed by atoms with Crippen molar-refractivity contribution in [3.63, 3.8) is 0 Å². The smallest absolute Gasteiger partial charge is 0.248 e. The standard InChI is InChI=1S/C12H16N4O/c1-2-16(7-3-6-13)11-8-9(12(15)17)4-5-10(11)14/h4-5,8H,2-3,7,14H2,1H3,(H2,15,17). The summed E-state index contributed by atoms with van der Waals surface area (Å²) >= 11 is 0. The Kier molecular flexibility index (Phi) is 4.35. The fourth-order valence-corrected chi connectivity index (χ4v) is 1.60. The molecular formula is C12H16N4O. The minimum atomic E-state index is -0.484. The van der Waals surface area contributed by atoms with Crippen LogP contribution in [0.5, 0.6) is 0 Å². The highest BCUT2D eigenvalue weighted by molar-refractivity contribution is 5.95. The third-order valence-corrected chi connectivity index (χ3v) is 2.53. The van der Waals surface area contributed by atoms with Gasteiger partial charge in [-0.05, 0) is 25.1 Å². The number of primary amides is 1. The van der Waals surface area contributed by atoms with Crippen LogP contribution < -0.4 is 16.4 Å². The van der Waals surface area contributed by atoms with E-state index in [1.165, 1.54) is 0 Å². The molecule has 0 fully saturated rings. The van der Waals surface area contributed by atoms with Gasteiger partial charge in [0.25, 0.3) is 0 Å². The molecule has 0 bridgehead atoms. The van der Waals surface area contributed by atoms with Crippen molar-refractivity contribution in [2.24, 2.45) is 5.73 Å². The molecule has 0 aromatic heterocycles. The molecular weight excluding hydrogens is 216 g/mol. The first-order valence-electron chi connectivity index (χ1n) is 5.41. The number of amides is 1. The van der Waals surface area contributed by atoms with Crippen molar-refractivity contribution in [3.8, 4) is 6.07 Å². The molecule has 90 valence electrons. The molecule has 0 heterocycles. The SMILES string of the molecule is CCN(CCC#N)c1cc(C(N)=O)ccc1N. The summed E-state index contributed by atoms with van der Waals surface area (Å²) in [5.74, 6) is -0.484. The number of nitriles is 1. The van der Waals surface area contributed by atoms with E-state index in [2.05, 4.69) is 6.07 Å². The fraction of sp³-hybridized carbons (Fsp3) is 0.333. The predicted octanol–water partition coefficient (Wildman–Crippen LogP) is 1.11. The molecule has 17 heavy (non-hydrogen) atoms. The maximum atomic E-state index is 11.1. The van der Waals surface area contributed by atoms with Gasteiger partial charge in [-0.25, -0.2) is 0 Å². The van der Waals surface area contributed by atoms with Crippen LogP contribution in [0.1, 0.15) is 23.7 Å². The van der Waals surface area contributed by atoms with Gasteiger partial charge in [-0.3, -0.25) is 4.79 Å². The highest BCUT2D eigenvalue weighted by Gasteiger charge is 2.10. The first-order chi connectivity index (χ1) is 8.10. The second-order valence-electron chi connectivity index (χ2n) is 3.63. The van der Waals surface area contributed by atoms with Crippen molar-refractivity contribution < 1.29 is 4.79 Å². The number of nitrogens with zero attached hydrogens (tertiary/aromatic N) is 2. The van der Waals surface area contributed by atoms with Crippen molar-refractivity contribution in [3.05, 3.63) is 23.8 Å². The Hall–Kier alpha value is -2.22. The largest absolute Gasteiger partial charge is 0.397 e. The molecule has 0 saturated heterocycles. The van der Waals surface area contributed by atoms with Crippen molar-refractivity contribution in [2.45, 2.75) is 13.3 Å². The predicted molar refractivity (Wildman–Crippen MR) is 67.5 cm³/mol. The average molecular weight is 232 g/mol. The van der Waals surface area contributed by atoms with Gasteiger partial charge in [-0.15, -0.1) is 0 Å². The number of hydrogen-bond acceptors (Lipinski definition) is 4. The molecule has 0 saturated carbocycles. The number of benzene rings is 1. The second-order valence-corrected chi connectivity index (χ2v) is 3.63. The van der Waals surface area contributed by atoms with E-state index < -0.39 is 5.91 Å². The number of rotatable bonds is 5. The maximum Gasteiger partial charge on any atom is 0.248 e. The van der Waals surface area contributed by atoms with Crippen molar-refractivity contribution in [2.75, 3.05) is 23.7 Å². The van der Waals surface area contributed by atoms with Crippen molar-refractivity contribution >= 4 is 17.3 Å². The monoisotopic (exact) mass is 232 g/mol. The molecule has 5 nitrogen and oxygen atoms in total. The lowest BCUT2D eigenvalue weighted by Crippen LogP contribution is -2.25. The first kappa shape index (κ1) is 12.8. The number of carbonyl (C=O) groups excluding carboxylic acids is 1. The molecule has 1 aromatic carbocycles. The molecule has 0 aliphatic heterocycles. The minimum absolute atomic E-state index is 0.411. The molecule has 0 aliphatic carbocycles. The summed E-state index contributed by atoms with van der Waals surface area (Å²) in [5, 5.41) is 8.59. The molecule has 0 unspecified atom stereocenters. The zero-order valence-corrected chi connectivity index (χ0v) is 9.81. The van der Waals surface area contributed by atoms with E-state index in [0.717, 1.165) is 5.69 Å². The maximum absolute atomic E-state index is 11.1. The molecule has 5 heteroatoms. The summed E-state index contributed by atoms with van der Waals surface area (Å²) in [4.78, 5) is 13.0. The lowest BCUT2D eigenvalue weighted by atomic mass is 10.1. The van der Waals surface area contributed by atoms with Gasteiger partial charge in [0.15, 0.2) is 0 Å². The van der Waals surface area contributed by atoms with Gasteiger partial charge < -0.3 is 16.4 Å². The summed E-state index contributed by atoms with van der Waals surface area (Å²) in [6, 6.07) is 7.00. The third-order valence-electron chi connectivity index (χ3n) is 2.53. The number of nitrogens with two attached hydrogens (primary N) is 2. The normalized spacial score (nSPS) is 9.65. The van der Waals surface area contributed by atoms with Gasteiger partial charge in [-0.2, -0.15) is 5.26 Å². The Labute approximate surface area is 101 Å². The Morgan fingerprint density at radius 2 is 2.24 bits per heavy atom. The molecule has 0 aliphatic rings. The molecule has 4 N–H and O–H groups in total. The van der Waals surface area contributed by atoms with Crippen LogP contribution in [-0.2, 0) is 0 Å². The van der Waals surface area contributed by atoms with Gasteiger partial charge in [-0.1, -0.05) is 0 Å². The molecule has 0 atom stereocenters. The van der Waals surface area contributed by atoms with Crippen LogP contribution in [0, 0.1) is 11.3 Å². The zero-order valence-electron chi connectivity index (χ0n) is 9.81. The Morgan fingerprint density at radius 1 is 1.53 bits per heavy atom. The number of hydrogen-bond donors (Lipinski definition) is 2. The second kappa shape index (κ2) is 5.75. The van der Waals surface area contributed by atoms with Crippen molar-refractivity contribution in [1.82, 2.24) is 0 Å². The van der Waals surface area contributed by atoms with Gasteiger partial charge in [0, 0.05) is 18.7 Å². The van der Waals surface area contributed by atoms with Gasteiger partial charge in [0.05, 0.1) is 23.9 Å². The minimum Gasteiger partial charge on any atom is -0.397 e. The van der Waals surface area contributed by atoms with Crippen LogP contribution in [-0.4, -0.2) is 19.0 Å². The summed E-state index contributed by atoms with van der Waals surface area (Å²) < 4.78 is 0. The zero-order chi connectivity index (χ0) is 12.8. The van der Waals surface area contributed by atoms with Crippen LogP contribution >= 0.6 is 0 Å². The Morgan fingerprint density at radius 3 is 2.76 bits per heavy atom. The molecule has 0 spiro atoms. The molecule has 1 amide bonds. The van der Waals surface area contributed by atoms with Crippen LogP contribution in [0.3, 0.4) is 0 Å².